The molecule has 1 rings (SSSR count). The van der Waals surface area contributed by atoms with E-state index in [9.17, 15) is 5.11 Å². The number of nitrogens with one attached hydrogen (secondary N) is 1. The molecule has 0 fully saturated rings. The van der Waals surface area contributed by atoms with Crippen molar-refractivity contribution >= 4 is 5.69 Å². The minimum Gasteiger partial charge on any atom is -0.388 e. The molecule has 0 aliphatic carbocycles. The molecule has 0 aliphatic rings. The zero-order chi connectivity index (χ0) is 12.2. The molecule has 2 N–H and O–H groups in total. The van der Waals surface area contributed by atoms with E-state index in [1.54, 1.807) is 13.8 Å². The summed E-state index contributed by atoms with van der Waals surface area (Å²) in [6.45, 7) is 5.48. The highest BCUT2D eigenvalue weighted by Crippen LogP contribution is 2.16. The third-order valence-corrected chi connectivity index (χ3v) is 2.68. The molecule has 0 saturated heterocycles. The van der Waals surface area contributed by atoms with Gasteiger partial charge in [-0.25, -0.2) is 0 Å². The van der Waals surface area contributed by atoms with Crippen molar-refractivity contribution in [2.45, 2.75) is 38.8 Å². The van der Waals surface area contributed by atoms with Crippen molar-refractivity contribution in [2.75, 3.05) is 5.32 Å². The molecular formula is C13H18N2O. The quantitative estimate of drug-likeness (QED) is 0.815. The highest BCUT2D eigenvalue weighted by molar-refractivity contribution is 5.46. The average Bonchev–Trinajstić information content (AvgIpc) is 2.20. The number of rotatable bonds is 4. The van der Waals surface area contributed by atoms with Gasteiger partial charge in [-0.1, -0.05) is 12.1 Å². The molecule has 0 spiro atoms. The molecule has 0 radical (unpaired) electrons. The van der Waals surface area contributed by atoms with Crippen LogP contribution < -0.4 is 5.32 Å². The largest absolute Gasteiger partial charge is 0.388 e. The molecule has 1 aromatic carbocycles. The van der Waals surface area contributed by atoms with Crippen LogP contribution in [0.4, 0.5) is 5.69 Å². The smallest absolute Gasteiger partial charge is 0.0789 e. The SMILES string of the molecule is CC(Nc1ccc(CC#N)cc1)C(C)(C)O. The Hall–Kier alpha value is -1.53. The zero-order valence-corrected chi connectivity index (χ0v) is 9.99. The standard InChI is InChI=1S/C13H18N2O/c1-10(13(2,3)16)15-12-6-4-11(5-7-12)8-9-14/h4-7,10,15-16H,8H2,1-3H3. The Kier molecular flexibility index (Phi) is 3.92. The van der Waals surface area contributed by atoms with E-state index in [4.69, 9.17) is 5.26 Å². The fourth-order valence-electron chi connectivity index (χ4n) is 1.24. The molecule has 1 aromatic rings. The van der Waals surface area contributed by atoms with Crippen LogP contribution >= 0.6 is 0 Å². The van der Waals surface area contributed by atoms with E-state index in [0.29, 0.717) is 6.42 Å². The summed E-state index contributed by atoms with van der Waals surface area (Å²) in [5, 5.41) is 21.5. The van der Waals surface area contributed by atoms with Gasteiger partial charge in [0.15, 0.2) is 0 Å². The number of aliphatic hydroxyl groups is 1. The molecule has 0 saturated carbocycles. The first-order chi connectivity index (χ1) is 7.43. The van der Waals surface area contributed by atoms with Gasteiger partial charge >= 0.3 is 0 Å². The molecule has 3 heteroatoms. The second kappa shape index (κ2) is 5.00. The number of benzene rings is 1. The molecule has 0 bridgehead atoms. The minimum absolute atomic E-state index is 0.0330. The third kappa shape index (κ3) is 3.56. The molecule has 0 amide bonds. The lowest BCUT2D eigenvalue weighted by molar-refractivity contribution is 0.0649. The third-order valence-electron chi connectivity index (χ3n) is 2.68. The van der Waals surface area contributed by atoms with Crippen LogP contribution in [-0.4, -0.2) is 16.7 Å². The summed E-state index contributed by atoms with van der Waals surface area (Å²) in [5.74, 6) is 0. The Labute approximate surface area is 96.7 Å². The van der Waals surface area contributed by atoms with Gasteiger partial charge in [0.25, 0.3) is 0 Å². The van der Waals surface area contributed by atoms with Crippen LogP contribution in [0.15, 0.2) is 24.3 Å². The summed E-state index contributed by atoms with van der Waals surface area (Å²) in [5.41, 5.74) is 1.20. The van der Waals surface area contributed by atoms with E-state index in [1.165, 1.54) is 0 Å². The summed E-state index contributed by atoms with van der Waals surface area (Å²) in [4.78, 5) is 0. The van der Waals surface area contributed by atoms with E-state index in [1.807, 2.05) is 31.2 Å². The van der Waals surface area contributed by atoms with Crippen molar-refractivity contribution in [3.05, 3.63) is 29.8 Å². The number of anilines is 1. The molecule has 1 unspecified atom stereocenters. The molecule has 86 valence electrons. The van der Waals surface area contributed by atoms with Crippen molar-refractivity contribution in [2.24, 2.45) is 0 Å². The second-order valence-corrected chi connectivity index (χ2v) is 4.55. The predicted molar refractivity (Wildman–Crippen MR) is 65.1 cm³/mol. The van der Waals surface area contributed by atoms with Crippen LogP contribution in [-0.2, 0) is 6.42 Å². The summed E-state index contributed by atoms with van der Waals surface area (Å²) in [6, 6.07) is 9.76. The second-order valence-electron chi connectivity index (χ2n) is 4.55. The Morgan fingerprint density at radius 3 is 2.38 bits per heavy atom. The van der Waals surface area contributed by atoms with Gasteiger partial charge in [-0.05, 0) is 38.5 Å². The predicted octanol–water partition coefficient (Wildman–Crippen LogP) is 2.32. The van der Waals surface area contributed by atoms with Crippen molar-refractivity contribution in [3.8, 4) is 6.07 Å². The minimum atomic E-state index is -0.759. The summed E-state index contributed by atoms with van der Waals surface area (Å²) >= 11 is 0. The first-order valence-electron chi connectivity index (χ1n) is 5.38. The van der Waals surface area contributed by atoms with Gasteiger partial charge in [-0.15, -0.1) is 0 Å². The lowest BCUT2D eigenvalue weighted by atomic mass is 10.0. The first kappa shape index (κ1) is 12.5. The normalized spacial score (nSPS) is 12.9. The van der Waals surface area contributed by atoms with E-state index in [0.717, 1.165) is 11.3 Å². The lowest BCUT2D eigenvalue weighted by Gasteiger charge is -2.27. The molecule has 1 atom stereocenters. The van der Waals surface area contributed by atoms with Gasteiger partial charge in [-0.2, -0.15) is 5.26 Å². The van der Waals surface area contributed by atoms with Gasteiger partial charge in [0.1, 0.15) is 0 Å². The number of nitrogens with zero attached hydrogens (tertiary/aromatic N) is 1. The molecule has 0 heterocycles. The highest BCUT2D eigenvalue weighted by atomic mass is 16.3. The molecule has 0 aromatic heterocycles. The Balaban J connectivity index is 2.66. The summed E-state index contributed by atoms with van der Waals surface area (Å²) < 4.78 is 0. The van der Waals surface area contributed by atoms with E-state index in [2.05, 4.69) is 11.4 Å². The van der Waals surface area contributed by atoms with Crippen molar-refractivity contribution in [1.82, 2.24) is 0 Å². The summed E-state index contributed by atoms with van der Waals surface area (Å²) in [6.07, 6.45) is 0.432. The fraction of sp³-hybridized carbons (Fsp3) is 0.462. The number of nitriles is 1. The van der Waals surface area contributed by atoms with E-state index >= 15 is 0 Å². The first-order valence-corrected chi connectivity index (χ1v) is 5.38. The van der Waals surface area contributed by atoms with Crippen LogP contribution in [0.2, 0.25) is 0 Å². The average molecular weight is 218 g/mol. The van der Waals surface area contributed by atoms with Gasteiger partial charge in [0.05, 0.1) is 24.1 Å². The van der Waals surface area contributed by atoms with Crippen LogP contribution in [0.1, 0.15) is 26.3 Å². The molecular weight excluding hydrogens is 200 g/mol. The highest BCUT2D eigenvalue weighted by Gasteiger charge is 2.21. The van der Waals surface area contributed by atoms with Crippen LogP contribution in [0.25, 0.3) is 0 Å². The molecule has 16 heavy (non-hydrogen) atoms. The van der Waals surface area contributed by atoms with Gasteiger partial charge in [0, 0.05) is 5.69 Å². The van der Waals surface area contributed by atoms with Crippen molar-refractivity contribution in [3.63, 3.8) is 0 Å². The lowest BCUT2D eigenvalue weighted by Crippen LogP contribution is -2.39. The maximum Gasteiger partial charge on any atom is 0.0789 e. The van der Waals surface area contributed by atoms with Crippen LogP contribution in [0.5, 0.6) is 0 Å². The Morgan fingerprint density at radius 1 is 1.38 bits per heavy atom. The van der Waals surface area contributed by atoms with Gasteiger partial charge in [-0.3, -0.25) is 0 Å². The molecule has 0 aliphatic heterocycles. The fourth-order valence-corrected chi connectivity index (χ4v) is 1.24. The Morgan fingerprint density at radius 2 is 1.94 bits per heavy atom. The van der Waals surface area contributed by atoms with Crippen molar-refractivity contribution in [1.29, 1.82) is 5.26 Å². The topological polar surface area (TPSA) is 56.0 Å². The van der Waals surface area contributed by atoms with Crippen LogP contribution in [0.3, 0.4) is 0 Å². The van der Waals surface area contributed by atoms with E-state index < -0.39 is 5.60 Å². The monoisotopic (exact) mass is 218 g/mol. The Bertz CT molecular complexity index is 370. The maximum absolute atomic E-state index is 9.78. The van der Waals surface area contributed by atoms with Crippen molar-refractivity contribution < 1.29 is 5.11 Å². The van der Waals surface area contributed by atoms with Gasteiger partial charge in [0.2, 0.25) is 0 Å². The maximum atomic E-state index is 9.78. The zero-order valence-electron chi connectivity index (χ0n) is 9.99. The number of hydrogen-bond donors (Lipinski definition) is 2. The summed E-state index contributed by atoms with van der Waals surface area (Å²) in [7, 11) is 0. The van der Waals surface area contributed by atoms with E-state index in [-0.39, 0.29) is 6.04 Å². The number of hydrogen-bond acceptors (Lipinski definition) is 3. The van der Waals surface area contributed by atoms with Gasteiger partial charge < -0.3 is 10.4 Å². The van der Waals surface area contributed by atoms with Crippen LogP contribution in [0, 0.1) is 11.3 Å². The molecule has 3 nitrogen and oxygen atoms in total.